The molecule has 0 aromatic heterocycles. The molecule has 0 aliphatic carbocycles. The van der Waals surface area contributed by atoms with E-state index in [9.17, 15) is 4.79 Å². The number of hydrogen-bond donors (Lipinski definition) is 2. The monoisotopic (exact) mass is 263 g/mol. The first-order chi connectivity index (χ1) is 8.56. The molecular weight excluding hydrogens is 246 g/mol. The van der Waals surface area contributed by atoms with Crippen molar-refractivity contribution in [3.05, 3.63) is 29.8 Å². The van der Waals surface area contributed by atoms with E-state index in [1.807, 2.05) is 31.2 Å². The molecule has 3 N–H and O–H groups in total. The van der Waals surface area contributed by atoms with Gasteiger partial charge in [-0.05, 0) is 19.1 Å². The smallest absolute Gasteiger partial charge is 0.217 e. The van der Waals surface area contributed by atoms with E-state index in [4.69, 9.17) is 5.73 Å². The maximum Gasteiger partial charge on any atom is 0.217 e. The fraction of sp³-hybridized carbons (Fsp3) is 0.385. The number of nitrogen functional groups attached to an aromatic ring is 1. The van der Waals surface area contributed by atoms with E-state index in [-0.39, 0.29) is 18.0 Å². The van der Waals surface area contributed by atoms with Crippen LogP contribution in [-0.2, 0) is 4.79 Å². The van der Waals surface area contributed by atoms with Gasteiger partial charge >= 0.3 is 0 Å². The minimum absolute atomic E-state index is 0.0105. The van der Waals surface area contributed by atoms with Gasteiger partial charge in [-0.1, -0.05) is 12.1 Å². The third-order valence-electron chi connectivity index (χ3n) is 2.84. The highest BCUT2D eigenvalue weighted by atomic mass is 32.2. The molecule has 1 aliphatic heterocycles. The zero-order valence-electron chi connectivity index (χ0n) is 10.5. The number of benzene rings is 1. The van der Waals surface area contributed by atoms with E-state index in [2.05, 4.69) is 10.3 Å². The minimum Gasteiger partial charge on any atom is -0.399 e. The summed E-state index contributed by atoms with van der Waals surface area (Å²) >= 11 is 1.72. The first-order valence-electron chi connectivity index (χ1n) is 5.90. The van der Waals surface area contributed by atoms with Gasteiger partial charge in [-0.3, -0.25) is 9.79 Å². The maximum atomic E-state index is 11.0. The number of hydrogen-bond acceptors (Lipinski definition) is 4. The summed E-state index contributed by atoms with van der Waals surface area (Å²) in [5.41, 5.74) is 7.51. The molecule has 0 saturated carbocycles. The first-order valence-corrected chi connectivity index (χ1v) is 6.88. The summed E-state index contributed by atoms with van der Waals surface area (Å²) in [4.78, 5) is 15.7. The average molecular weight is 263 g/mol. The molecule has 2 rings (SSSR count). The summed E-state index contributed by atoms with van der Waals surface area (Å²) in [5.74, 6) is 0.893. The second-order valence-corrected chi connectivity index (χ2v) is 5.43. The Hall–Kier alpha value is -1.49. The predicted octanol–water partition coefficient (Wildman–Crippen LogP) is 1.66. The molecule has 4 nitrogen and oxygen atoms in total. The molecule has 96 valence electrons. The molecule has 1 unspecified atom stereocenters. The van der Waals surface area contributed by atoms with Crippen LogP contribution in [0.2, 0.25) is 0 Å². The number of nitrogens with one attached hydrogen (secondary N) is 1. The van der Waals surface area contributed by atoms with Crippen molar-refractivity contribution in [2.45, 2.75) is 25.9 Å². The molecule has 0 spiro atoms. The normalized spacial score (nSPS) is 20.3. The highest BCUT2D eigenvalue weighted by Crippen LogP contribution is 2.25. The zero-order valence-corrected chi connectivity index (χ0v) is 11.3. The zero-order chi connectivity index (χ0) is 13.1. The van der Waals surface area contributed by atoms with Crippen molar-refractivity contribution in [2.75, 3.05) is 11.5 Å². The van der Waals surface area contributed by atoms with Crippen molar-refractivity contribution >= 4 is 28.4 Å². The van der Waals surface area contributed by atoms with Gasteiger partial charge in [-0.2, -0.15) is 0 Å². The molecule has 5 heteroatoms. The molecule has 1 amide bonds. The fourth-order valence-corrected chi connectivity index (χ4v) is 3.05. The van der Waals surface area contributed by atoms with Crippen molar-refractivity contribution in [3.63, 3.8) is 0 Å². The van der Waals surface area contributed by atoms with Gasteiger partial charge in [0.1, 0.15) is 0 Å². The van der Waals surface area contributed by atoms with Crippen molar-refractivity contribution in [2.24, 2.45) is 4.99 Å². The Morgan fingerprint density at radius 1 is 1.50 bits per heavy atom. The molecule has 2 atom stereocenters. The third kappa shape index (κ3) is 3.04. The van der Waals surface area contributed by atoms with Gasteiger partial charge in [0.2, 0.25) is 5.91 Å². The van der Waals surface area contributed by atoms with Gasteiger partial charge in [0.15, 0.2) is 0 Å². The number of aliphatic imine (C=N–C) groups is 1. The van der Waals surface area contributed by atoms with Crippen LogP contribution in [0.5, 0.6) is 0 Å². The third-order valence-corrected chi connectivity index (χ3v) is 3.96. The van der Waals surface area contributed by atoms with E-state index in [0.717, 1.165) is 22.0 Å². The summed E-state index contributed by atoms with van der Waals surface area (Å²) < 4.78 is 0. The molecule has 0 bridgehead atoms. The van der Waals surface area contributed by atoms with Crippen molar-refractivity contribution < 1.29 is 4.79 Å². The SMILES string of the molecule is CC(=O)NC(C)[C@H]1CSC(c2ccc(N)cc2)=N1. The van der Waals surface area contributed by atoms with Gasteiger partial charge in [0.05, 0.1) is 11.1 Å². The van der Waals surface area contributed by atoms with Crippen molar-refractivity contribution in [3.8, 4) is 0 Å². The van der Waals surface area contributed by atoms with E-state index in [1.54, 1.807) is 11.8 Å². The van der Waals surface area contributed by atoms with Crippen LogP contribution in [0.25, 0.3) is 0 Å². The Bertz CT molecular complexity index is 470. The molecule has 0 fully saturated rings. The lowest BCUT2D eigenvalue weighted by Crippen LogP contribution is -2.39. The number of rotatable bonds is 3. The number of nitrogens with two attached hydrogens (primary N) is 1. The summed E-state index contributed by atoms with van der Waals surface area (Å²) in [6.45, 7) is 3.52. The molecule has 1 aromatic rings. The number of anilines is 1. The lowest BCUT2D eigenvalue weighted by atomic mass is 10.1. The minimum atomic E-state index is -0.0105. The number of carbonyl (C=O) groups is 1. The van der Waals surface area contributed by atoms with Gasteiger partial charge in [0, 0.05) is 30.0 Å². The lowest BCUT2D eigenvalue weighted by Gasteiger charge is -2.16. The topological polar surface area (TPSA) is 67.5 Å². The maximum absolute atomic E-state index is 11.0. The highest BCUT2D eigenvalue weighted by molar-refractivity contribution is 8.14. The molecule has 1 heterocycles. The predicted molar refractivity (Wildman–Crippen MR) is 76.9 cm³/mol. The molecule has 1 aliphatic rings. The van der Waals surface area contributed by atoms with E-state index < -0.39 is 0 Å². The van der Waals surface area contributed by atoms with Crippen LogP contribution < -0.4 is 11.1 Å². The van der Waals surface area contributed by atoms with Crippen LogP contribution in [0, 0.1) is 0 Å². The van der Waals surface area contributed by atoms with E-state index in [0.29, 0.717) is 0 Å². The van der Waals surface area contributed by atoms with Crippen LogP contribution in [0.15, 0.2) is 29.3 Å². The number of thioether (sulfide) groups is 1. The first kappa shape index (κ1) is 13.0. The van der Waals surface area contributed by atoms with Crippen molar-refractivity contribution in [1.82, 2.24) is 5.32 Å². The Morgan fingerprint density at radius 2 is 2.17 bits per heavy atom. The standard InChI is InChI=1S/C13H17N3OS/c1-8(15-9(2)17)12-7-18-13(16-12)10-3-5-11(14)6-4-10/h3-6,8,12H,7,14H2,1-2H3,(H,15,17)/t8?,12-/m1/s1. The summed E-state index contributed by atoms with van der Waals surface area (Å²) in [7, 11) is 0. The van der Waals surface area contributed by atoms with E-state index in [1.165, 1.54) is 6.92 Å². The Kier molecular flexibility index (Phi) is 3.91. The van der Waals surface area contributed by atoms with Gasteiger partial charge in [0.25, 0.3) is 0 Å². The molecule has 18 heavy (non-hydrogen) atoms. The fourth-order valence-electron chi connectivity index (χ4n) is 1.85. The number of nitrogens with zero attached hydrogens (tertiary/aromatic N) is 1. The van der Waals surface area contributed by atoms with Crippen LogP contribution in [0.4, 0.5) is 5.69 Å². The summed E-state index contributed by atoms with van der Waals surface area (Å²) in [5, 5.41) is 3.91. The largest absolute Gasteiger partial charge is 0.399 e. The molecular formula is C13H17N3OS. The number of amides is 1. The second kappa shape index (κ2) is 5.44. The van der Waals surface area contributed by atoms with Crippen LogP contribution in [0.3, 0.4) is 0 Å². The van der Waals surface area contributed by atoms with Crippen molar-refractivity contribution in [1.29, 1.82) is 0 Å². The summed E-state index contributed by atoms with van der Waals surface area (Å²) in [6, 6.07) is 7.93. The van der Waals surface area contributed by atoms with Crippen LogP contribution >= 0.6 is 11.8 Å². The molecule has 1 aromatic carbocycles. The summed E-state index contributed by atoms with van der Waals surface area (Å²) in [6.07, 6.45) is 0. The van der Waals surface area contributed by atoms with Crippen LogP contribution in [-0.4, -0.2) is 28.8 Å². The Labute approximate surface area is 111 Å². The average Bonchev–Trinajstić information content (AvgIpc) is 2.78. The van der Waals surface area contributed by atoms with Gasteiger partial charge < -0.3 is 11.1 Å². The van der Waals surface area contributed by atoms with Crippen LogP contribution in [0.1, 0.15) is 19.4 Å². The highest BCUT2D eigenvalue weighted by Gasteiger charge is 2.24. The Morgan fingerprint density at radius 3 is 2.78 bits per heavy atom. The van der Waals surface area contributed by atoms with Gasteiger partial charge in [-0.25, -0.2) is 0 Å². The molecule has 0 radical (unpaired) electrons. The van der Waals surface area contributed by atoms with E-state index >= 15 is 0 Å². The number of carbonyl (C=O) groups excluding carboxylic acids is 1. The van der Waals surface area contributed by atoms with Gasteiger partial charge in [-0.15, -0.1) is 11.8 Å². The molecule has 0 saturated heterocycles. The quantitative estimate of drug-likeness (QED) is 0.815. The second-order valence-electron chi connectivity index (χ2n) is 4.42. The lowest BCUT2D eigenvalue weighted by molar-refractivity contribution is -0.119. The Balaban J connectivity index is 2.08.